The highest BCUT2D eigenvalue weighted by Gasteiger charge is 2.40. The van der Waals surface area contributed by atoms with E-state index in [0.29, 0.717) is 49.8 Å². The predicted molar refractivity (Wildman–Crippen MR) is 374 cm³/mol. The quantitative estimate of drug-likeness (QED) is 0.0322. The summed E-state index contributed by atoms with van der Waals surface area (Å²) in [5, 5.41) is 10.1. The number of nitrogens with one attached hydrogen (secondary N) is 4. The third kappa shape index (κ3) is 19.9. The standard InChI is InChI=1S/C26H25F3N2O2.C26H23F3N2O2.C25H24F3N3O3S/c2*1-16(32)21-5-3-4-6-22(21)19-10-13-23-24(15-19)31-25(30-23)14-9-18-7-11-20(12-8-18)33-17(2)26(27,28)29;1-16(25(26,27)28)34-19-11-7-17(8-12-19)9-14-24-29-22-13-10-18(15-23(22)30-24)20-5-3-4-6-21(20)31-35(2,32)33/h3-8,10-13,15-17,32H,9,14H2,1-2H3,(H,30,31);3-8,10-13,15,17H,9,14H2,1-2H3,(H,30,31);3-8,10-13,15-16,31H,9,14H2,1-2H3,(H,29,30). The number of nitrogens with zero attached hydrogens (tertiary/aromatic N) is 3. The minimum Gasteiger partial charge on any atom is -0.481 e. The summed E-state index contributed by atoms with van der Waals surface area (Å²) in [6, 6.07) is 59.8. The average Bonchev–Trinajstić information content (AvgIpc) is 1.73. The molecule has 0 saturated heterocycles. The zero-order valence-corrected chi connectivity index (χ0v) is 56.5. The summed E-state index contributed by atoms with van der Waals surface area (Å²) in [6.45, 7) is 6.26. The van der Waals surface area contributed by atoms with Crippen molar-refractivity contribution < 1.29 is 72.0 Å². The van der Waals surface area contributed by atoms with E-state index < -0.39 is 53.0 Å². The van der Waals surface area contributed by atoms with Crippen LogP contribution in [0, 0.1) is 0 Å². The lowest BCUT2D eigenvalue weighted by Gasteiger charge is -2.17. The molecule has 0 aliphatic rings. The van der Waals surface area contributed by atoms with Crippen LogP contribution >= 0.6 is 0 Å². The van der Waals surface area contributed by atoms with Gasteiger partial charge >= 0.3 is 18.5 Å². The van der Waals surface area contributed by atoms with Crippen LogP contribution in [-0.2, 0) is 48.5 Å². The number of hydrogen-bond donors (Lipinski definition) is 5. The van der Waals surface area contributed by atoms with Gasteiger partial charge in [-0.15, -0.1) is 0 Å². The van der Waals surface area contributed by atoms with Crippen molar-refractivity contribution in [1.82, 2.24) is 29.9 Å². The van der Waals surface area contributed by atoms with Gasteiger partial charge in [-0.2, -0.15) is 39.5 Å². The number of hydrogen-bond acceptors (Lipinski definition) is 10. The molecular formula is C77H72F9N7O7S. The minimum absolute atomic E-state index is 0.0141. The molecule has 0 radical (unpaired) electrons. The van der Waals surface area contributed by atoms with Gasteiger partial charge in [0.15, 0.2) is 24.1 Å². The molecule has 9 aromatic carbocycles. The highest BCUT2D eigenvalue weighted by Crippen LogP contribution is 2.35. The molecule has 4 atom stereocenters. The van der Waals surface area contributed by atoms with E-state index in [-0.39, 0.29) is 23.0 Å². The van der Waals surface area contributed by atoms with Crippen LogP contribution in [0.1, 0.15) is 90.8 Å². The van der Waals surface area contributed by atoms with Gasteiger partial charge in [0, 0.05) is 30.4 Å². The molecule has 0 aliphatic heterocycles. The van der Waals surface area contributed by atoms with Crippen LogP contribution < -0.4 is 18.9 Å². The van der Waals surface area contributed by atoms with Gasteiger partial charge in [0.05, 0.1) is 51.1 Å². The molecule has 0 spiro atoms. The molecule has 12 rings (SSSR count). The van der Waals surface area contributed by atoms with E-state index in [1.807, 2.05) is 115 Å². The highest BCUT2D eigenvalue weighted by atomic mass is 32.2. The zero-order valence-electron chi connectivity index (χ0n) is 55.7. The SMILES string of the molecule is CC(=O)c1ccccc1-c1ccc2nc(CCc3ccc(OC(C)C(F)(F)F)cc3)[nH]c2c1.CC(O)c1ccccc1-c1ccc2nc(CCc3ccc(OC(C)C(F)(F)F)cc3)[nH]c2c1.CC(Oc1ccc(CCc2nc3ccc(-c4ccccc4NS(C)(=O)=O)cc3[nH]2)cc1)C(F)(F)F. The van der Waals surface area contributed by atoms with Crippen LogP contribution in [-0.4, -0.2) is 92.3 Å². The van der Waals surface area contributed by atoms with Crippen LogP contribution in [0.2, 0.25) is 0 Å². The van der Waals surface area contributed by atoms with Crippen molar-refractivity contribution in [2.45, 2.75) is 116 Å². The van der Waals surface area contributed by atoms with Gasteiger partial charge in [-0.25, -0.2) is 23.4 Å². The topological polar surface area (TPSA) is 197 Å². The number of ketones is 1. The zero-order chi connectivity index (χ0) is 72.4. The van der Waals surface area contributed by atoms with Crippen molar-refractivity contribution in [2.24, 2.45) is 0 Å². The Morgan fingerprint density at radius 2 is 0.772 bits per heavy atom. The average molecular weight is 1410 g/mol. The number of H-pyrrole nitrogens is 3. The van der Waals surface area contributed by atoms with Crippen molar-refractivity contribution in [1.29, 1.82) is 0 Å². The number of halogens is 9. The minimum atomic E-state index is -4.41. The Bertz CT molecular complexity index is 4920. The summed E-state index contributed by atoms with van der Waals surface area (Å²) in [7, 11) is -3.42. The molecule has 0 aliphatic carbocycles. The lowest BCUT2D eigenvalue weighted by molar-refractivity contribution is -0.189. The number of Topliss-reactive ketones (excluding diaryl/α,β-unsaturated/α-hetero) is 1. The van der Waals surface area contributed by atoms with E-state index in [1.165, 1.54) is 12.1 Å². The number of imidazole rings is 3. The van der Waals surface area contributed by atoms with E-state index in [2.05, 4.69) is 34.6 Å². The molecule has 3 heterocycles. The molecule has 0 fully saturated rings. The second-order valence-corrected chi connectivity index (χ2v) is 26.1. The van der Waals surface area contributed by atoms with Gasteiger partial charge in [-0.05, 0) is 183 Å². The Balaban J connectivity index is 0.000000163. The molecule has 526 valence electrons. The van der Waals surface area contributed by atoms with Crippen LogP contribution in [0.5, 0.6) is 17.2 Å². The fourth-order valence-corrected chi connectivity index (χ4v) is 11.6. The summed E-state index contributed by atoms with van der Waals surface area (Å²) in [4.78, 5) is 35.8. The predicted octanol–water partition coefficient (Wildman–Crippen LogP) is 18.7. The number of aliphatic hydroxyl groups excluding tert-OH is 1. The van der Waals surface area contributed by atoms with E-state index in [4.69, 9.17) is 14.2 Å². The molecule has 101 heavy (non-hydrogen) atoms. The number of aryl methyl sites for hydroxylation is 6. The van der Waals surface area contributed by atoms with Crippen LogP contribution in [0.25, 0.3) is 66.5 Å². The monoisotopic (exact) mass is 1410 g/mol. The second-order valence-electron chi connectivity index (χ2n) is 24.4. The van der Waals surface area contributed by atoms with Gasteiger partial charge in [-0.3, -0.25) is 9.52 Å². The lowest BCUT2D eigenvalue weighted by atomic mass is 9.96. The van der Waals surface area contributed by atoms with Crippen molar-refractivity contribution in [3.8, 4) is 50.6 Å². The number of benzene rings is 9. The molecular weight excluding hydrogens is 1340 g/mol. The number of alkyl halides is 9. The fraction of sp³-hybridized carbons (Fsp3) is 0.247. The van der Waals surface area contributed by atoms with Crippen LogP contribution in [0.3, 0.4) is 0 Å². The molecule has 14 nitrogen and oxygen atoms in total. The number of aromatic amines is 3. The van der Waals surface area contributed by atoms with Gasteiger partial charge in [0.25, 0.3) is 0 Å². The highest BCUT2D eigenvalue weighted by molar-refractivity contribution is 7.92. The molecule has 0 amide bonds. The first-order valence-corrected chi connectivity index (χ1v) is 34.2. The van der Waals surface area contributed by atoms with Crippen LogP contribution in [0.15, 0.2) is 200 Å². The summed E-state index contributed by atoms with van der Waals surface area (Å²) in [5.74, 6) is 2.97. The van der Waals surface area contributed by atoms with Gasteiger partial charge in [0.1, 0.15) is 34.7 Å². The number of aromatic nitrogens is 6. The van der Waals surface area contributed by atoms with Gasteiger partial charge in [-0.1, -0.05) is 121 Å². The van der Waals surface area contributed by atoms with Gasteiger partial charge < -0.3 is 34.3 Å². The normalized spacial score (nSPS) is 13.1. The first kappa shape index (κ1) is 73.3. The number of ether oxygens (including phenoxy) is 3. The summed E-state index contributed by atoms with van der Waals surface area (Å²) < 4.78 is 155. The molecule has 24 heteroatoms. The first-order chi connectivity index (χ1) is 47.9. The Hall–Kier alpha value is -10.5. The maximum absolute atomic E-state index is 12.7. The second kappa shape index (κ2) is 31.4. The van der Waals surface area contributed by atoms with Gasteiger partial charge in [0.2, 0.25) is 10.0 Å². The number of fused-ring (bicyclic) bond motifs is 3. The third-order valence-corrected chi connectivity index (χ3v) is 17.1. The van der Waals surface area contributed by atoms with Crippen molar-refractivity contribution in [2.75, 3.05) is 11.0 Å². The Kier molecular flexibility index (Phi) is 22.8. The van der Waals surface area contributed by atoms with E-state index in [9.17, 15) is 57.8 Å². The number of aliphatic hydroxyl groups is 1. The Morgan fingerprint density at radius 1 is 0.446 bits per heavy atom. The smallest absolute Gasteiger partial charge is 0.425 e. The molecule has 0 saturated carbocycles. The largest absolute Gasteiger partial charge is 0.481 e. The molecule has 4 unspecified atom stereocenters. The number of carbonyl (C=O) groups excluding carboxylic acids is 1. The van der Waals surface area contributed by atoms with Crippen molar-refractivity contribution >= 4 is 54.6 Å². The number of carbonyl (C=O) groups is 1. The van der Waals surface area contributed by atoms with E-state index in [1.54, 1.807) is 86.6 Å². The summed E-state index contributed by atoms with van der Waals surface area (Å²) >= 11 is 0. The molecule has 5 N–H and O–H groups in total. The van der Waals surface area contributed by atoms with E-state index >= 15 is 0 Å². The molecule has 0 bridgehead atoms. The van der Waals surface area contributed by atoms with Crippen molar-refractivity contribution in [3.05, 3.63) is 245 Å². The van der Waals surface area contributed by atoms with Crippen LogP contribution in [0.4, 0.5) is 45.2 Å². The Morgan fingerprint density at radius 3 is 1.13 bits per heavy atom. The fourth-order valence-electron chi connectivity index (χ4n) is 11.0. The Labute approximate surface area is 577 Å². The molecule has 3 aromatic heterocycles. The maximum atomic E-state index is 12.7. The number of sulfonamides is 1. The first-order valence-electron chi connectivity index (χ1n) is 32.3. The van der Waals surface area contributed by atoms with E-state index in [0.717, 1.165) is 133 Å². The summed E-state index contributed by atoms with van der Waals surface area (Å²) in [5.41, 5.74) is 15.4. The maximum Gasteiger partial charge on any atom is 0.425 e. The number of para-hydroxylation sites is 1. The third-order valence-electron chi connectivity index (χ3n) is 16.5. The lowest BCUT2D eigenvalue weighted by Crippen LogP contribution is -2.31. The number of anilines is 1. The molecule has 12 aromatic rings. The summed E-state index contributed by atoms with van der Waals surface area (Å²) in [6.07, 6.45) is -14.3. The van der Waals surface area contributed by atoms with Crippen molar-refractivity contribution in [3.63, 3.8) is 0 Å². The number of rotatable bonds is 22.